The molecule has 0 aliphatic rings. The summed E-state index contributed by atoms with van der Waals surface area (Å²) in [7, 11) is 0. The SMILES string of the molecule is CC(C)(C)OC(=O)NCCCOC(=O)OCI.I.c1ccncc1. The quantitative estimate of drug-likeness (QED) is 0.250. The highest BCUT2D eigenvalue weighted by Gasteiger charge is 2.15. The van der Waals surface area contributed by atoms with Crippen molar-refractivity contribution in [2.75, 3.05) is 17.8 Å². The zero-order chi connectivity index (χ0) is 17.6. The number of amides is 1. The Kier molecular flexibility index (Phi) is 16.6. The lowest BCUT2D eigenvalue weighted by Gasteiger charge is -2.19. The first kappa shape index (κ1) is 25.4. The molecule has 0 radical (unpaired) electrons. The van der Waals surface area contributed by atoms with Crippen LogP contribution in [0.5, 0.6) is 0 Å². The van der Waals surface area contributed by atoms with Gasteiger partial charge < -0.3 is 19.5 Å². The molecule has 0 saturated carbocycles. The van der Waals surface area contributed by atoms with E-state index in [4.69, 9.17) is 9.47 Å². The Hall–Kier alpha value is -0.850. The van der Waals surface area contributed by atoms with Crippen molar-refractivity contribution in [2.24, 2.45) is 0 Å². The third-order valence-electron chi connectivity index (χ3n) is 1.95. The van der Waals surface area contributed by atoms with Gasteiger partial charge in [0.15, 0.2) is 0 Å². The summed E-state index contributed by atoms with van der Waals surface area (Å²) >= 11 is 1.90. The number of nitrogens with one attached hydrogen (secondary N) is 1. The molecule has 1 heterocycles. The number of alkyl halides is 1. The van der Waals surface area contributed by atoms with E-state index in [1.165, 1.54) is 0 Å². The standard InChI is InChI=1S/C10H18INO5.C5H5N.HI/c1-10(2,3)17-8(13)12-5-4-6-15-9(14)16-7-11;1-2-4-6-5-3-1;/h4-7H2,1-3H3,(H,12,13);1-5H;1H. The van der Waals surface area contributed by atoms with Crippen LogP contribution in [0, 0.1) is 0 Å². The van der Waals surface area contributed by atoms with Crippen molar-refractivity contribution >= 4 is 58.8 Å². The lowest BCUT2D eigenvalue weighted by Crippen LogP contribution is -2.33. The zero-order valence-corrected chi connectivity index (χ0v) is 18.5. The van der Waals surface area contributed by atoms with Crippen LogP contribution >= 0.6 is 46.6 Å². The summed E-state index contributed by atoms with van der Waals surface area (Å²) in [4.78, 5) is 25.7. The highest BCUT2D eigenvalue weighted by Crippen LogP contribution is 2.06. The second-order valence-corrected chi connectivity index (χ2v) is 5.78. The van der Waals surface area contributed by atoms with Crippen LogP contribution in [-0.2, 0) is 14.2 Å². The molecular formula is C15H24I2N2O5. The number of halogens is 2. The fourth-order valence-corrected chi connectivity index (χ4v) is 1.39. The Morgan fingerprint density at radius 3 is 2.17 bits per heavy atom. The van der Waals surface area contributed by atoms with Gasteiger partial charge >= 0.3 is 12.2 Å². The molecule has 9 heteroatoms. The third kappa shape index (κ3) is 19.2. The van der Waals surface area contributed by atoms with Gasteiger partial charge in [-0.3, -0.25) is 4.98 Å². The normalized spacial score (nSPS) is 9.50. The van der Waals surface area contributed by atoms with Crippen molar-refractivity contribution in [3.63, 3.8) is 0 Å². The fourth-order valence-electron chi connectivity index (χ4n) is 1.13. The lowest BCUT2D eigenvalue weighted by molar-refractivity contribution is 0.0517. The van der Waals surface area contributed by atoms with E-state index in [0.29, 0.717) is 13.0 Å². The molecule has 1 N–H and O–H groups in total. The van der Waals surface area contributed by atoms with E-state index in [-0.39, 0.29) is 35.2 Å². The van der Waals surface area contributed by atoms with Gasteiger partial charge in [-0.15, -0.1) is 24.0 Å². The van der Waals surface area contributed by atoms with Gasteiger partial charge in [-0.25, -0.2) is 9.59 Å². The van der Waals surface area contributed by atoms with Gasteiger partial charge in [0, 0.05) is 18.9 Å². The molecule has 0 bridgehead atoms. The summed E-state index contributed by atoms with van der Waals surface area (Å²) in [5.74, 6) is 0. The van der Waals surface area contributed by atoms with Crippen molar-refractivity contribution in [3.8, 4) is 0 Å². The second-order valence-electron chi connectivity index (χ2n) is 5.16. The molecular weight excluding hydrogens is 542 g/mol. The molecule has 0 aliphatic heterocycles. The third-order valence-corrected chi connectivity index (χ3v) is 2.26. The fraction of sp³-hybridized carbons (Fsp3) is 0.533. The molecule has 0 spiro atoms. The number of rotatable bonds is 5. The minimum absolute atomic E-state index is 0. The maximum Gasteiger partial charge on any atom is 0.509 e. The highest BCUT2D eigenvalue weighted by atomic mass is 127. The Bertz CT molecular complexity index is 415. The summed E-state index contributed by atoms with van der Waals surface area (Å²) in [6.07, 6.45) is 2.83. The van der Waals surface area contributed by atoms with Gasteiger partial charge in [-0.2, -0.15) is 0 Å². The Balaban J connectivity index is 0. The minimum atomic E-state index is -0.698. The number of hydrogen-bond acceptors (Lipinski definition) is 6. The van der Waals surface area contributed by atoms with Crippen molar-refractivity contribution in [1.82, 2.24) is 10.3 Å². The van der Waals surface area contributed by atoms with Gasteiger partial charge in [0.25, 0.3) is 0 Å². The molecule has 0 aromatic carbocycles. The topological polar surface area (TPSA) is 86.8 Å². The monoisotopic (exact) mass is 566 g/mol. The predicted octanol–water partition coefficient (Wildman–Crippen LogP) is 4.15. The number of alkyl carbamates (subject to hydrolysis) is 1. The van der Waals surface area contributed by atoms with E-state index in [2.05, 4.69) is 15.0 Å². The molecule has 1 rings (SSSR count). The zero-order valence-electron chi connectivity index (χ0n) is 14.0. The molecule has 1 aromatic rings. The summed E-state index contributed by atoms with van der Waals surface area (Å²) in [5, 5.41) is 2.55. The van der Waals surface area contributed by atoms with E-state index in [1.807, 2.05) is 40.8 Å². The van der Waals surface area contributed by atoms with Crippen molar-refractivity contribution in [3.05, 3.63) is 30.6 Å². The number of hydrogen-bond donors (Lipinski definition) is 1. The van der Waals surface area contributed by atoms with Crippen molar-refractivity contribution in [2.45, 2.75) is 32.8 Å². The number of nitrogens with zero attached hydrogens (tertiary/aromatic N) is 1. The summed E-state index contributed by atoms with van der Waals surface area (Å²) < 4.78 is 14.5. The van der Waals surface area contributed by atoms with Gasteiger partial charge in [0.2, 0.25) is 0 Å². The van der Waals surface area contributed by atoms with Crippen LogP contribution in [0.1, 0.15) is 27.2 Å². The average molecular weight is 566 g/mol. The molecule has 24 heavy (non-hydrogen) atoms. The first-order valence-electron chi connectivity index (χ1n) is 7.02. The van der Waals surface area contributed by atoms with Crippen LogP contribution in [0.15, 0.2) is 30.6 Å². The highest BCUT2D eigenvalue weighted by molar-refractivity contribution is 14.1. The van der Waals surface area contributed by atoms with Crippen LogP contribution in [-0.4, -0.2) is 40.6 Å². The van der Waals surface area contributed by atoms with Crippen LogP contribution in [0.25, 0.3) is 0 Å². The molecule has 138 valence electrons. The van der Waals surface area contributed by atoms with Crippen LogP contribution in [0.3, 0.4) is 0 Å². The van der Waals surface area contributed by atoms with Gasteiger partial charge in [0.05, 0.1) is 6.61 Å². The van der Waals surface area contributed by atoms with Crippen LogP contribution in [0.2, 0.25) is 0 Å². The van der Waals surface area contributed by atoms with Gasteiger partial charge in [-0.05, 0) is 61.9 Å². The van der Waals surface area contributed by atoms with E-state index < -0.39 is 17.8 Å². The summed E-state index contributed by atoms with van der Waals surface area (Å²) in [6, 6.07) is 5.72. The predicted molar refractivity (Wildman–Crippen MR) is 110 cm³/mol. The maximum atomic E-state index is 11.2. The molecule has 1 amide bonds. The van der Waals surface area contributed by atoms with E-state index >= 15 is 0 Å². The molecule has 0 aliphatic carbocycles. The largest absolute Gasteiger partial charge is 0.509 e. The Labute approximate surface area is 173 Å². The van der Waals surface area contributed by atoms with E-state index in [1.54, 1.807) is 33.2 Å². The Morgan fingerprint density at radius 2 is 1.75 bits per heavy atom. The van der Waals surface area contributed by atoms with Gasteiger partial charge in [-0.1, -0.05) is 6.07 Å². The Morgan fingerprint density at radius 1 is 1.12 bits per heavy atom. The smallest absolute Gasteiger partial charge is 0.444 e. The molecule has 0 unspecified atom stereocenters. The van der Waals surface area contributed by atoms with Crippen molar-refractivity contribution < 1.29 is 23.8 Å². The summed E-state index contributed by atoms with van der Waals surface area (Å²) in [6.45, 7) is 5.94. The molecule has 7 nitrogen and oxygen atoms in total. The lowest BCUT2D eigenvalue weighted by atomic mass is 10.2. The number of aromatic nitrogens is 1. The minimum Gasteiger partial charge on any atom is -0.444 e. The van der Waals surface area contributed by atoms with Gasteiger partial charge in [0.1, 0.15) is 10.2 Å². The van der Waals surface area contributed by atoms with Crippen molar-refractivity contribution in [1.29, 1.82) is 0 Å². The molecule has 0 atom stereocenters. The second kappa shape index (κ2) is 15.7. The maximum absolute atomic E-state index is 11.2. The molecule has 0 saturated heterocycles. The molecule has 0 fully saturated rings. The first-order valence-corrected chi connectivity index (χ1v) is 8.55. The van der Waals surface area contributed by atoms with Crippen LogP contribution < -0.4 is 5.32 Å². The van der Waals surface area contributed by atoms with E-state index in [9.17, 15) is 9.59 Å². The number of carbonyl (C=O) groups is 2. The number of pyridine rings is 1. The number of carbonyl (C=O) groups excluding carboxylic acids is 2. The average Bonchev–Trinajstić information content (AvgIpc) is 2.48. The number of ether oxygens (including phenoxy) is 3. The molecule has 1 aromatic heterocycles. The van der Waals surface area contributed by atoms with Crippen LogP contribution in [0.4, 0.5) is 9.59 Å². The summed E-state index contributed by atoms with van der Waals surface area (Å²) in [5.41, 5.74) is -0.509. The first-order chi connectivity index (χ1) is 10.8. The van der Waals surface area contributed by atoms with E-state index in [0.717, 1.165) is 0 Å².